The molecule has 222 valence electrons. The standard InChI is InChI=1S/C30H40N4O7/c1-5-40-29(39)34-16-14-33(15-17-34)28(38)22(12-13-25(36)41-30(2,3)4)32-27(37)23-18-24(35)21-11-10-19-8-6-7-9-20(19)26(21)31-23/h10-11,18,22H,5-9,12-17H2,1-4H3,(H,31,35)(H,32,37)/t22-/m0/s1. The van der Waals surface area contributed by atoms with Crippen molar-refractivity contribution in [2.75, 3.05) is 32.8 Å². The Balaban J connectivity index is 1.53. The minimum Gasteiger partial charge on any atom is -0.507 e. The number of aromatic hydroxyl groups is 1. The zero-order valence-electron chi connectivity index (χ0n) is 24.3. The number of benzene rings is 1. The number of hydrogen-bond donors (Lipinski definition) is 2. The van der Waals surface area contributed by atoms with Crippen LogP contribution in [0.4, 0.5) is 4.79 Å². The van der Waals surface area contributed by atoms with Gasteiger partial charge < -0.3 is 29.7 Å². The Kier molecular flexibility index (Phi) is 9.35. The first kappa shape index (κ1) is 30.1. The van der Waals surface area contributed by atoms with Crippen molar-refractivity contribution in [2.24, 2.45) is 0 Å². The van der Waals surface area contributed by atoms with Gasteiger partial charge in [0.2, 0.25) is 5.91 Å². The molecule has 0 saturated carbocycles. The highest BCUT2D eigenvalue weighted by Gasteiger charge is 2.32. The van der Waals surface area contributed by atoms with Crippen molar-refractivity contribution in [3.8, 4) is 5.75 Å². The molecule has 1 saturated heterocycles. The molecule has 2 aromatic rings. The molecular formula is C30H40N4O7. The van der Waals surface area contributed by atoms with Crippen molar-refractivity contribution in [3.05, 3.63) is 35.0 Å². The zero-order valence-corrected chi connectivity index (χ0v) is 24.3. The fourth-order valence-electron chi connectivity index (χ4n) is 5.31. The number of hydrogen-bond acceptors (Lipinski definition) is 8. The maximum absolute atomic E-state index is 13.6. The van der Waals surface area contributed by atoms with E-state index in [2.05, 4.69) is 10.3 Å². The highest BCUT2D eigenvalue weighted by atomic mass is 16.6. The molecule has 2 heterocycles. The molecule has 2 aliphatic rings. The molecule has 2 N–H and O–H groups in total. The van der Waals surface area contributed by atoms with Crippen molar-refractivity contribution in [1.29, 1.82) is 0 Å². The smallest absolute Gasteiger partial charge is 0.409 e. The fraction of sp³-hybridized carbons (Fsp3) is 0.567. The number of esters is 1. The summed E-state index contributed by atoms with van der Waals surface area (Å²) in [6, 6.07) is 4.10. The summed E-state index contributed by atoms with van der Waals surface area (Å²) < 4.78 is 10.5. The van der Waals surface area contributed by atoms with Gasteiger partial charge >= 0.3 is 12.1 Å². The number of piperazine rings is 1. The van der Waals surface area contributed by atoms with Crippen LogP contribution in [0.3, 0.4) is 0 Å². The molecule has 11 heteroatoms. The van der Waals surface area contributed by atoms with Crippen LogP contribution in [0.1, 0.15) is 75.0 Å². The minimum absolute atomic E-state index is 0.00354. The molecule has 1 fully saturated rings. The van der Waals surface area contributed by atoms with Crippen LogP contribution in [0, 0.1) is 0 Å². The van der Waals surface area contributed by atoms with Gasteiger partial charge in [0.15, 0.2) is 0 Å². The normalized spacial score (nSPS) is 16.1. The lowest BCUT2D eigenvalue weighted by atomic mass is 9.89. The maximum Gasteiger partial charge on any atom is 0.409 e. The van der Waals surface area contributed by atoms with Crippen LogP contribution >= 0.6 is 0 Å². The van der Waals surface area contributed by atoms with Crippen LogP contribution in [-0.2, 0) is 31.9 Å². The van der Waals surface area contributed by atoms with Crippen molar-refractivity contribution < 1.29 is 33.8 Å². The molecule has 0 spiro atoms. The summed E-state index contributed by atoms with van der Waals surface area (Å²) in [5.41, 5.74) is 2.11. The number of pyridine rings is 1. The largest absolute Gasteiger partial charge is 0.507 e. The van der Waals surface area contributed by atoms with E-state index in [9.17, 15) is 24.3 Å². The fourth-order valence-corrected chi connectivity index (χ4v) is 5.31. The van der Waals surface area contributed by atoms with Crippen molar-refractivity contribution in [1.82, 2.24) is 20.1 Å². The predicted octanol–water partition coefficient (Wildman–Crippen LogP) is 3.34. The Bertz CT molecular complexity index is 1310. The number of carbonyl (C=O) groups excluding carboxylic acids is 4. The van der Waals surface area contributed by atoms with Crippen LogP contribution in [-0.4, -0.2) is 88.2 Å². The van der Waals surface area contributed by atoms with Gasteiger partial charge in [-0.15, -0.1) is 0 Å². The molecule has 1 atom stereocenters. The number of nitrogens with zero attached hydrogens (tertiary/aromatic N) is 3. The molecule has 1 aromatic carbocycles. The minimum atomic E-state index is -1.03. The third-order valence-corrected chi connectivity index (χ3v) is 7.29. The van der Waals surface area contributed by atoms with E-state index < -0.39 is 29.6 Å². The van der Waals surface area contributed by atoms with Crippen molar-refractivity contribution in [3.63, 3.8) is 0 Å². The van der Waals surface area contributed by atoms with E-state index >= 15 is 0 Å². The molecule has 41 heavy (non-hydrogen) atoms. The van der Waals surface area contributed by atoms with E-state index in [1.54, 1.807) is 32.6 Å². The quantitative estimate of drug-likeness (QED) is 0.485. The average molecular weight is 569 g/mol. The summed E-state index contributed by atoms with van der Waals surface area (Å²) in [5.74, 6) is -1.53. The Morgan fingerprint density at radius 3 is 2.41 bits per heavy atom. The number of aromatic nitrogens is 1. The summed E-state index contributed by atoms with van der Waals surface area (Å²) in [5, 5.41) is 14.1. The molecule has 1 aliphatic carbocycles. The van der Waals surface area contributed by atoms with Gasteiger partial charge in [-0.25, -0.2) is 9.78 Å². The number of ether oxygens (including phenoxy) is 2. The summed E-state index contributed by atoms with van der Waals surface area (Å²) >= 11 is 0. The zero-order chi connectivity index (χ0) is 29.7. The third-order valence-electron chi connectivity index (χ3n) is 7.29. The molecule has 11 nitrogen and oxygen atoms in total. The lowest BCUT2D eigenvalue weighted by molar-refractivity contribution is -0.155. The molecule has 0 bridgehead atoms. The summed E-state index contributed by atoms with van der Waals surface area (Å²) in [6.45, 7) is 8.38. The number of amides is 3. The Morgan fingerprint density at radius 2 is 1.73 bits per heavy atom. The van der Waals surface area contributed by atoms with Gasteiger partial charge in [0.1, 0.15) is 23.1 Å². The molecule has 4 rings (SSSR count). The molecule has 0 unspecified atom stereocenters. The summed E-state index contributed by atoms with van der Waals surface area (Å²) in [4.78, 5) is 59.3. The van der Waals surface area contributed by atoms with Gasteiger partial charge in [-0.3, -0.25) is 14.4 Å². The van der Waals surface area contributed by atoms with Crippen molar-refractivity contribution in [2.45, 2.75) is 77.9 Å². The number of nitrogens with one attached hydrogen (secondary N) is 1. The Morgan fingerprint density at radius 1 is 1.05 bits per heavy atom. The van der Waals surface area contributed by atoms with Crippen LogP contribution in [0.5, 0.6) is 5.75 Å². The van der Waals surface area contributed by atoms with Crippen molar-refractivity contribution >= 4 is 34.8 Å². The summed E-state index contributed by atoms with van der Waals surface area (Å²) in [6.07, 6.45) is 3.34. The van der Waals surface area contributed by atoms with Crippen LogP contribution < -0.4 is 5.32 Å². The summed E-state index contributed by atoms with van der Waals surface area (Å²) in [7, 11) is 0. The van der Waals surface area contributed by atoms with Crippen LogP contribution in [0.2, 0.25) is 0 Å². The van der Waals surface area contributed by atoms with Gasteiger partial charge in [0.05, 0.1) is 12.1 Å². The van der Waals surface area contributed by atoms with Gasteiger partial charge in [0, 0.05) is 44.1 Å². The van der Waals surface area contributed by atoms with E-state index in [-0.39, 0.29) is 49.9 Å². The first-order valence-corrected chi connectivity index (χ1v) is 14.3. The van der Waals surface area contributed by atoms with Gasteiger partial charge in [-0.05, 0) is 77.0 Å². The highest BCUT2D eigenvalue weighted by Crippen LogP contribution is 2.32. The predicted molar refractivity (Wildman–Crippen MR) is 152 cm³/mol. The Hall–Kier alpha value is -3.89. The monoisotopic (exact) mass is 568 g/mol. The van der Waals surface area contributed by atoms with Crippen LogP contribution in [0.25, 0.3) is 10.9 Å². The second-order valence-electron chi connectivity index (χ2n) is 11.5. The number of aryl methyl sites for hydroxylation is 2. The lowest BCUT2D eigenvalue weighted by Crippen LogP contribution is -2.56. The molecule has 1 aliphatic heterocycles. The molecule has 3 amide bonds. The second kappa shape index (κ2) is 12.7. The van der Waals surface area contributed by atoms with E-state index in [0.717, 1.165) is 31.2 Å². The van der Waals surface area contributed by atoms with Gasteiger partial charge in [-0.1, -0.05) is 6.07 Å². The van der Waals surface area contributed by atoms with Crippen LogP contribution in [0.15, 0.2) is 18.2 Å². The lowest BCUT2D eigenvalue weighted by Gasteiger charge is -2.36. The maximum atomic E-state index is 13.6. The molecule has 1 aromatic heterocycles. The first-order valence-electron chi connectivity index (χ1n) is 14.3. The number of rotatable bonds is 7. The second-order valence-corrected chi connectivity index (χ2v) is 11.5. The SMILES string of the molecule is CCOC(=O)N1CCN(C(=O)[C@H](CCC(=O)OC(C)(C)C)NC(=O)c2cc(O)c3ccc4c(c3n2)CCCC4)CC1. The van der Waals surface area contributed by atoms with Gasteiger partial charge in [-0.2, -0.15) is 0 Å². The Labute approximate surface area is 240 Å². The number of carbonyl (C=O) groups is 4. The first-order chi connectivity index (χ1) is 19.5. The third kappa shape index (κ3) is 7.45. The van der Waals surface area contributed by atoms with E-state index in [1.807, 2.05) is 12.1 Å². The van der Waals surface area contributed by atoms with E-state index in [0.29, 0.717) is 24.0 Å². The molecular weight excluding hydrogens is 528 g/mol. The van der Waals surface area contributed by atoms with E-state index in [4.69, 9.17) is 9.47 Å². The average Bonchev–Trinajstić information content (AvgIpc) is 2.93. The van der Waals surface area contributed by atoms with Gasteiger partial charge in [0.25, 0.3) is 5.91 Å². The number of fused-ring (bicyclic) bond motifs is 3. The molecule has 0 radical (unpaired) electrons. The topological polar surface area (TPSA) is 138 Å². The highest BCUT2D eigenvalue weighted by molar-refractivity contribution is 6.00. The van der Waals surface area contributed by atoms with E-state index in [1.165, 1.54) is 16.5 Å².